The van der Waals surface area contributed by atoms with Crippen LogP contribution in [0, 0.1) is 0 Å². The van der Waals surface area contributed by atoms with Crippen molar-refractivity contribution in [3.8, 4) is 0 Å². The Bertz CT molecular complexity index is 1190. The van der Waals surface area contributed by atoms with Crippen LogP contribution in [0.2, 0.25) is 0 Å². The van der Waals surface area contributed by atoms with Gasteiger partial charge in [0.25, 0.3) is 7.82 Å². The summed E-state index contributed by atoms with van der Waals surface area (Å²) in [5.74, 6) is -0.0456. The molecule has 26 heteroatoms. The second-order valence-electron chi connectivity index (χ2n) is 5.88. The van der Waals surface area contributed by atoms with Crippen LogP contribution in [0.5, 0.6) is 0 Å². The fourth-order valence-electron chi connectivity index (χ4n) is 2.72. The van der Waals surface area contributed by atoms with Crippen LogP contribution in [-0.2, 0) is 37.3 Å². The van der Waals surface area contributed by atoms with Gasteiger partial charge in [0.2, 0.25) is 10.4 Å². The van der Waals surface area contributed by atoms with Crippen molar-refractivity contribution < 1.29 is 141 Å². The number of nitrogens with zero attached hydrogens (tertiary/aromatic N) is 4. The molecule has 3 heterocycles. The van der Waals surface area contributed by atoms with Crippen LogP contribution in [0.1, 0.15) is 6.23 Å². The Hall–Kier alpha value is 0.750. The SMILES string of the molecule is Nc1ncnc2c1ncn2[C@@H]1O[C@H](COP(=O)([O-])OS(=O)(=O)[O-])[C@@H](OP(=O)([O-])[O-])[C@H]1O.O.[Li+].[Li+].[Li+].[Li+]. The number of aromatic nitrogens is 4. The summed E-state index contributed by atoms with van der Waals surface area (Å²) in [5.41, 5.74) is 5.73. The smallest absolute Gasteiger partial charge is 0.790 e. The zero-order valence-corrected chi connectivity index (χ0v) is 21.8. The van der Waals surface area contributed by atoms with Gasteiger partial charge >= 0.3 is 75.4 Å². The van der Waals surface area contributed by atoms with Gasteiger partial charge in [-0.1, -0.05) is 0 Å². The van der Waals surface area contributed by atoms with E-state index >= 15 is 0 Å². The molecule has 0 radical (unpaired) electrons. The maximum Gasteiger partial charge on any atom is 1.00 e. The van der Waals surface area contributed by atoms with Crippen LogP contribution in [0.4, 0.5) is 5.82 Å². The van der Waals surface area contributed by atoms with Gasteiger partial charge in [0.1, 0.15) is 30.2 Å². The predicted octanol–water partition coefficient (Wildman–Crippen LogP) is -17.0. The fourth-order valence-corrected chi connectivity index (χ4v) is 4.67. The van der Waals surface area contributed by atoms with Gasteiger partial charge < -0.3 is 53.9 Å². The molecule has 0 bridgehead atoms. The maximum absolute atomic E-state index is 11.4. The standard InChI is InChI=1S/C10H15N5O13P2S.4Li.H2O/c11-8-5-9(13-2-12-8)15(3-14-5)10-6(16)7(27-29(17,18)19)4(26-10)1-25-30(20,21)28-31(22,23)24;;;;;/h2-4,6-7,10,16H,1H2,(H,20,21)(H2,11,12,13)(H2,17,18,19)(H,22,23,24);;;;;1H2/q;4*+1;/p-4/t4-,6-,7-,10-;;;;;/m1...../s1. The molecule has 2 aromatic heterocycles. The number of hydrogen-bond donors (Lipinski definition) is 2. The topological polar surface area (TPSA) is 319 Å². The van der Waals surface area contributed by atoms with Crippen LogP contribution in [-0.4, -0.2) is 68.0 Å². The van der Waals surface area contributed by atoms with E-state index in [1.54, 1.807) is 0 Å². The third-order valence-corrected chi connectivity index (χ3v) is 6.23. The number of hydrogen-bond acceptors (Lipinski definition) is 17. The van der Waals surface area contributed by atoms with E-state index in [1.807, 2.05) is 0 Å². The molecule has 1 aliphatic rings. The van der Waals surface area contributed by atoms with Crippen LogP contribution < -0.4 is 95.9 Å². The van der Waals surface area contributed by atoms with E-state index in [-0.39, 0.29) is 97.9 Å². The Labute approximate surface area is 251 Å². The van der Waals surface area contributed by atoms with Gasteiger partial charge in [-0.3, -0.25) is 9.13 Å². The van der Waals surface area contributed by atoms with E-state index in [0.29, 0.717) is 0 Å². The number of phosphoric acid groups is 2. The zero-order chi connectivity index (χ0) is 23.2. The molecular formula is C10H13Li4N5O14P2S. The monoisotopic (exact) mass is 549 g/mol. The van der Waals surface area contributed by atoms with Crippen molar-refractivity contribution >= 4 is 43.0 Å². The maximum atomic E-state index is 11.4. The largest absolute Gasteiger partial charge is 1.00 e. The number of imidazole rings is 1. The Morgan fingerprint density at radius 1 is 1.14 bits per heavy atom. The van der Waals surface area contributed by atoms with Crippen molar-refractivity contribution in [1.29, 1.82) is 0 Å². The molecule has 1 fully saturated rings. The number of aliphatic hydroxyl groups excluding tert-OH is 1. The molecule has 19 nitrogen and oxygen atoms in total. The van der Waals surface area contributed by atoms with Gasteiger partial charge in [-0.25, -0.2) is 27.3 Å². The van der Waals surface area contributed by atoms with Crippen molar-refractivity contribution in [3.05, 3.63) is 12.7 Å². The van der Waals surface area contributed by atoms with E-state index in [1.165, 1.54) is 0 Å². The average molecular weight is 549 g/mol. The van der Waals surface area contributed by atoms with Gasteiger partial charge in [0.15, 0.2) is 17.7 Å². The first-order valence-electron chi connectivity index (χ1n) is 7.76. The molecule has 2 aromatic rings. The molecule has 36 heavy (non-hydrogen) atoms. The molecule has 1 aliphatic heterocycles. The second-order valence-corrected chi connectivity index (χ2v) is 9.55. The van der Waals surface area contributed by atoms with Crippen LogP contribution in [0.3, 0.4) is 0 Å². The molecule has 3 rings (SSSR count). The van der Waals surface area contributed by atoms with Crippen molar-refractivity contribution in [2.75, 3.05) is 12.3 Å². The molecule has 0 aromatic carbocycles. The number of fused-ring (bicyclic) bond motifs is 1. The number of aliphatic hydroxyl groups is 1. The van der Waals surface area contributed by atoms with Gasteiger partial charge in [-0.2, -0.15) is 0 Å². The Morgan fingerprint density at radius 2 is 1.72 bits per heavy atom. The number of anilines is 1. The number of nitrogens with two attached hydrogens (primary N) is 1. The predicted molar refractivity (Wildman–Crippen MR) is 90.1 cm³/mol. The minimum Gasteiger partial charge on any atom is -0.790 e. The van der Waals surface area contributed by atoms with E-state index < -0.39 is 57.2 Å². The Morgan fingerprint density at radius 3 is 2.25 bits per heavy atom. The van der Waals surface area contributed by atoms with Crippen LogP contribution in [0.15, 0.2) is 12.7 Å². The first kappa shape index (κ1) is 41.2. The van der Waals surface area contributed by atoms with Crippen molar-refractivity contribution in [3.63, 3.8) is 0 Å². The van der Waals surface area contributed by atoms with E-state index in [0.717, 1.165) is 17.2 Å². The Kier molecular flexibility index (Phi) is 17.8. The molecule has 1 unspecified atom stereocenters. The van der Waals surface area contributed by atoms with Crippen molar-refractivity contribution in [2.45, 2.75) is 24.5 Å². The molecule has 5 N–H and O–H groups in total. The summed E-state index contributed by atoms with van der Waals surface area (Å²) in [6, 6.07) is 0. The molecule has 0 saturated carbocycles. The van der Waals surface area contributed by atoms with E-state index in [4.69, 9.17) is 10.5 Å². The summed E-state index contributed by atoms with van der Waals surface area (Å²) in [7, 11) is -17.2. The van der Waals surface area contributed by atoms with Crippen molar-refractivity contribution in [2.24, 2.45) is 0 Å². The van der Waals surface area contributed by atoms with Gasteiger partial charge in [-0.15, -0.1) is 0 Å². The normalized spacial score (nSPS) is 23.1. The van der Waals surface area contributed by atoms with E-state index in [9.17, 15) is 41.9 Å². The first-order chi connectivity index (χ1) is 14.2. The number of rotatable bonds is 8. The molecule has 0 aliphatic carbocycles. The molecule has 0 spiro atoms. The summed E-state index contributed by atoms with van der Waals surface area (Å²) < 4.78 is 71.8. The number of nitrogen functional groups attached to an aromatic ring is 1. The minimum absolute atomic E-state index is 0. The third kappa shape index (κ3) is 10.7. The summed E-state index contributed by atoms with van der Waals surface area (Å²) in [5, 5.41) is 10.4. The quantitative estimate of drug-likeness (QED) is 0.134. The number of ether oxygens (including phenoxy) is 1. The second kappa shape index (κ2) is 15.5. The van der Waals surface area contributed by atoms with E-state index in [2.05, 4.69) is 28.0 Å². The number of phosphoric ester groups is 2. The molecule has 5 atom stereocenters. The summed E-state index contributed by atoms with van der Waals surface area (Å²) >= 11 is 0. The zero-order valence-electron chi connectivity index (χ0n) is 19.2. The third-order valence-electron chi connectivity index (χ3n) is 3.80. The van der Waals surface area contributed by atoms with Gasteiger partial charge in [-0.05, 0) is 0 Å². The molecule has 0 amide bonds. The van der Waals surface area contributed by atoms with Gasteiger partial charge in [0.05, 0.1) is 20.8 Å². The summed E-state index contributed by atoms with van der Waals surface area (Å²) in [6.07, 6.45) is -5.14. The average Bonchev–Trinajstić information content (AvgIpc) is 3.13. The summed E-state index contributed by atoms with van der Waals surface area (Å²) in [4.78, 5) is 45.0. The summed E-state index contributed by atoms with van der Waals surface area (Å²) in [6.45, 7) is -1.21. The molecular weight excluding hydrogens is 536 g/mol. The molecule has 1 saturated heterocycles. The first-order valence-corrected chi connectivity index (χ1v) is 12.0. The van der Waals surface area contributed by atoms with Crippen molar-refractivity contribution in [1.82, 2.24) is 19.5 Å². The molecule has 182 valence electrons. The minimum atomic E-state index is -5.74. The van der Waals surface area contributed by atoms with Gasteiger partial charge in [0, 0.05) is 0 Å². The van der Waals surface area contributed by atoms with Crippen LogP contribution >= 0.6 is 15.6 Å². The fraction of sp³-hybridized carbons (Fsp3) is 0.500. The Balaban J connectivity index is -0.00000218. The van der Waals surface area contributed by atoms with Crippen LogP contribution in [0.25, 0.3) is 11.2 Å².